The quantitative estimate of drug-likeness (QED) is 0.713. The molecule has 0 saturated carbocycles. The molecule has 128 valence electrons. The second-order valence-electron chi connectivity index (χ2n) is 5.86. The fraction of sp³-hybridized carbons (Fsp3) is 0.412. The van der Waals surface area contributed by atoms with Gasteiger partial charge in [0, 0.05) is 31.7 Å². The Balaban J connectivity index is 1.82. The van der Waals surface area contributed by atoms with E-state index < -0.39 is 6.04 Å². The molecule has 7 heteroatoms. The Hall–Kier alpha value is -2.70. The molecule has 24 heavy (non-hydrogen) atoms. The zero-order chi connectivity index (χ0) is 17.4. The fourth-order valence-electron chi connectivity index (χ4n) is 2.25. The number of aromatic nitrogens is 3. The van der Waals surface area contributed by atoms with Crippen molar-refractivity contribution in [1.82, 2.24) is 25.2 Å². The fourth-order valence-corrected chi connectivity index (χ4v) is 2.25. The van der Waals surface area contributed by atoms with Crippen LogP contribution in [0.4, 0.5) is 0 Å². The van der Waals surface area contributed by atoms with Gasteiger partial charge >= 0.3 is 0 Å². The summed E-state index contributed by atoms with van der Waals surface area (Å²) < 4.78 is 1.95. The van der Waals surface area contributed by atoms with E-state index in [4.69, 9.17) is 0 Å². The number of carbonyl (C=O) groups excluding carboxylic acids is 2. The van der Waals surface area contributed by atoms with E-state index >= 15 is 0 Å². The average molecular weight is 329 g/mol. The van der Waals surface area contributed by atoms with Crippen molar-refractivity contribution in [1.29, 1.82) is 0 Å². The van der Waals surface area contributed by atoms with Gasteiger partial charge in [0.05, 0.1) is 6.33 Å². The molecular weight excluding hydrogens is 306 g/mol. The molecular formula is C17H23N5O2. The van der Waals surface area contributed by atoms with Crippen LogP contribution < -0.4 is 10.6 Å². The van der Waals surface area contributed by atoms with Gasteiger partial charge in [-0.2, -0.15) is 0 Å². The highest BCUT2D eigenvalue weighted by Crippen LogP contribution is 2.04. The van der Waals surface area contributed by atoms with Gasteiger partial charge in [0.25, 0.3) is 5.91 Å². The summed E-state index contributed by atoms with van der Waals surface area (Å²) in [7, 11) is 0. The second kappa shape index (κ2) is 8.81. The van der Waals surface area contributed by atoms with Gasteiger partial charge in [0.2, 0.25) is 5.91 Å². The Morgan fingerprint density at radius 1 is 1.25 bits per heavy atom. The van der Waals surface area contributed by atoms with Gasteiger partial charge in [-0.3, -0.25) is 14.6 Å². The van der Waals surface area contributed by atoms with Crippen LogP contribution in [0.3, 0.4) is 0 Å². The number of nitrogens with zero attached hydrogens (tertiary/aromatic N) is 3. The van der Waals surface area contributed by atoms with Crippen molar-refractivity contribution in [3.63, 3.8) is 0 Å². The Kier molecular flexibility index (Phi) is 6.48. The van der Waals surface area contributed by atoms with Gasteiger partial charge in [0.15, 0.2) is 0 Å². The molecule has 0 aliphatic rings. The van der Waals surface area contributed by atoms with E-state index in [2.05, 4.69) is 20.6 Å². The zero-order valence-corrected chi connectivity index (χ0v) is 14.0. The van der Waals surface area contributed by atoms with E-state index in [-0.39, 0.29) is 17.7 Å². The van der Waals surface area contributed by atoms with Crippen LogP contribution in [0.1, 0.15) is 30.8 Å². The SMILES string of the molecule is CC(C)[C@@H](NC(=O)c1ccccn1)C(=O)NCCCn1ccnc1. The average Bonchev–Trinajstić information content (AvgIpc) is 3.10. The molecule has 2 amide bonds. The summed E-state index contributed by atoms with van der Waals surface area (Å²) in [5, 5.41) is 5.63. The molecule has 2 aromatic heterocycles. The van der Waals surface area contributed by atoms with Crippen LogP contribution in [-0.2, 0) is 11.3 Å². The summed E-state index contributed by atoms with van der Waals surface area (Å²) in [6.07, 6.45) is 7.69. The predicted octanol–water partition coefficient (Wildman–Crippen LogP) is 1.24. The topological polar surface area (TPSA) is 88.9 Å². The molecule has 0 fully saturated rings. The molecule has 2 rings (SSSR count). The van der Waals surface area contributed by atoms with Crippen LogP contribution in [0.5, 0.6) is 0 Å². The van der Waals surface area contributed by atoms with Crippen LogP contribution in [0.15, 0.2) is 43.1 Å². The smallest absolute Gasteiger partial charge is 0.270 e. The lowest BCUT2D eigenvalue weighted by Crippen LogP contribution is -2.50. The maximum Gasteiger partial charge on any atom is 0.270 e. The molecule has 0 spiro atoms. The number of aryl methyl sites for hydroxylation is 1. The van der Waals surface area contributed by atoms with Gasteiger partial charge < -0.3 is 15.2 Å². The van der Waals surface area contributed by atoms with Crippen molar-refractivity contribution < 1.29 is 9.59 Å². The van der Waals surface area contributed by atoms with Gasteiger partial charge in [0.1, 0.15) is 11.7 Å². The number of pyridine rings is 1. The third kappa shape index (κ3) is 5.19. The number of nitrogens with one attached hydrogen (secondary N) is 2. The number of hydrogen-bond acceptors (Lipinski definition) is 4. The van der Waals surface area contributed by atoms with E-state index in [1.54, 1.807) is 36.9 Å². The Labute approximate surface area is 141 Å². The maximum absolute atomic E-state index is 12.3. The lowest BCUT2D eigenvalue weighted by Gasteiger charge is -2.21. The van der Waals surface area contributed by atoms with Crippen molar-refractivity contribution in [3.05, 3.63) is 48.8 Å². The number of amides is 2. The molecule has 0 aliphatic carbocycles. The second-order valence-corrected chi connectivity index (χ2v) is 5.86. The minimum atomic E-state index is -0.590. The largest absolute Gasteiger partial charge is 0.354 e. The first-order valence-corrected chi connectivity index (χ1v) is 8.03. The molecule has 7 nitrogen and oxygen atoms in total. The molecule has 0 saturated heterocycles. The molecule has 2 heterocycles. The first kappa shape index (κ1) is 17.7. The molecule has 0 unspecified atom stereocenters. The van der Waals surface area contributed by atoms with Crippen molar-refractivity contribution in [2.75, 3.05) is 6.54 Å². The summed E-state index contributed by atoms with van der Waals surface area (Å²) in [6.45, 7) is 5.12. The summed E-state index contributed by atoms with van der Waals surface area (Å²) in [5.41, 5.74) is 0.302. The molecule has 2 N–H and O–H groups in total. The predicted molar refractivity (Wildman–Crippen MR) is 90.2 cm³/mol. The molecule has 0 radical (unpaired) electrons. The maximum atomic E-state index is 12.3. The van der Waals surface area contributed by atoms with E-state index in [0.717, 1.165) is 13.0 Å². The monoisotopic (exact) mass is 329 g/mol. The number of imidazole rings is 1. The normalized spacial score (nSPS) is 12.0. The molecule has 0 bridgehead atoms. The third-order valence-electron chi connectivity index (χ3n) is 3.58. The Morgan fingerprint density at radius 2 is 2.08 bits per heavy atom. The summed E-state index contributed by atoms with van der Waals surface area (Å²) >= 11 is 0. The third-order valence-corrected chi connectivity index (χ3v) is 3.58. The molecule has 2 aromatic rings. The molecule has 0 aromatic carbocycles. The van der Waals surface area contributed by atoms with Crippen LogP contribution >= 0.6 is 0 Å². The highest BCUT2D eigenvalue weighted by atomic mass is 16.2. The number of carbonyl (C=O) groups is 2. The number of rotatable bonds is 8. The van der Waals surface area contributed by atoms with Crippen molar-refractivity contribution in [2.45, 2.75) is 32.9 Å². The van der Waals surface area contributed by atoms with Crippen molar-refractivity contribution in [3.8, 4) is 0 Å². The van der Waals surface area contributed by atoms with Gasteiger partial charge in [-0.25, -0.2) is 4.98 Å². The van der Waals surface area contributed by atoms with E-state index in [0.29, 0.717) is 12.2 Å². The highest BCUT2D eigenvalue weighted by Gasteiger charge is 2.24. The van der Waals surface area contributed by atoms with Crippen molar-refractivity contribution >= 4 is 11.8 Å². The van der Waals surface area contributed by atoms with Gasteiger partial charge in [-0.05, 0) is 24.5 Å². The van der Waals surface area contributed by atoms with Crippen molar-refractivity contribution in [2.24, 2.45) is 5.92 Å². The highest BCUT2D eigenvalue weighted by molar-refractivity contribution is 5.96. The Morgan fingerprint density at radius 3 is 2.71 bits per heavy atom. The standard InChI is InChI=1S/C17H23N5O2/c1-13(2)15(21-16(23)14-6-3-4-7-19-14)17(24)20-8-5-10-22-11-9-18-12-22/h3-4,6-7,9,11-13,15H,5,8,10H2,1-2H3,(H,20,24)(H,21,23)/t15-/m1/s1. The number of hydrogen-bond donors (Lipinski definition) is 2. The van der Waals surface area contributed by atoms with Crippen LogP contribution in [0, 0.1) is 5.92 Å². The Bertz CT molecular complexity index is 640. The van der Waals surface area contributed by atoms with Crippen LogP contribution in [0.2, 0.25) is 0 Å². The van der Waals surface area contributed by atoms with Crippen LogP contribution in [0.25, 0.3) is 0 Å². The van der Waals surface area contributed by atoms with E-state index in [1.807, 2.05) is 24.6 Å². The first-order valence-electron chi connectivity index (χ1n) is 8.03. The van der Waals surface area contributed by atoms with Crippen LogP contribution in [-0.4, -0.2) is 38.9 Å². The minimum Gasteiger partial charge on any atom is -0.354 e. The lowest BCUT2D eigenvalue weighted by molar-refractivity contribution is -0.123. The summed E-state index contributed by atoms with van der Waals surface area (Å²) in [4.78, 5) is 32.5. The van der Waals surface area contributed by atoms with Gasteiger partial charge in [-0.15, -0.1) is 0 Å². The summed E-state index contributed by atoms with van der Waals surface area (Å²) in [5.74, 6) is -0.547. The lowest BCUT2D eigenvalue weighted by atomic mass is 10.0. The van der Waals surface area contributed by atoms with Gasteiger partial charge in [-0.1, -0.05) is 19.9 Å². The summed E-state index contributed by atoms with van der Waals surface area (Å²) in [6, 6.07) is 4.51. The van der Waals surface area contributed by atoms with E-state index in [9.17, 15) is 9.59 Å². The zero-order valence-electron chi connectivity index (χ0n) is 14.0. The minimum absolute atomic E-state index is 0.0219. The molecule has 0 aliphatic heterocycles. The van der Waals surface area contributed by atoms with E-state index in [1.165, 1.54) is 0 Å². The molecule has 1 atom stereocenters. The first-order chi connectivity index (χ1) is 11.6.